The number of allylic oxidation sites excluding steroid dienone is 1. The molecule has 0 bridgehead atoms. The first-order chi connectivity index (χ1) is 24.1. The van der Waals surface area contributed by atoms with Crippen LogP contribution in [0.25, 0.3) is 33.4 Å². The van der Waals surface area contributed by atoms with E-state index in [0.717, 1.165) is 54.1 Å². The predicted molar refractivity (Wildman–Crippen MR) is 192 cm³/mol. The number of carbonyl (C=O) groups excluding carboxylic acids is 3. The number of carbonyl (C=O) groups is 3. The summed E-state index contributed by atoms with van der Waals surface area (Å²) in [5.41, 5.74) is 3.53. The molecule has 2 aromatic carbocycles. The Morgan fingerprint density at radius 2 is 1.68 bits per heavy atom. The molecular weight excluding hydrogens is 636 g/mol. The number of hydrogen-bond donors (Lipinski definition) is 2. The molecule has 264 valence electrons. The van der Waals surface area contributed by atoms with Gasteiger partial charge < -0.3 is 39.3 Å². The minimum Gasteiger partial charge on any atom is -0.545 e. The van der Waals surface area contributed by atoms with E-state index in [2.05, 4.69) is 22.8 Å². The van der Waals surface area contributed by atoms with E-state index in [1.807, 2.05) is 74.1 Å². The maximum atomic E-state index is 13.1. The van der Waals surface area contributed by atoms with Gasteiger partial charge in [0.05, 0.1) is 24.7 Å². The molecule has 0 spiro atoms. The smallest absolute Gasteiger partial charge is 0.407 e. The maximum absolute atomic E-state index is 13.1. The number of rotatable bonds is 12. The van der Waals surface area contributed by atoms with Crippen molar-refractivity contribution >= 4 is 34.6 Å². The van der Waals surface area contributed by atoms with Crippen LogP contribution in [0.4, 0.5) is 10.5 Å². The van der Waals surface area contributed by atoms with Gasteiger partial charge in [0.2, 0.25) is 5.36 Å². The molecular formula is C39H46N4O7. The summed E-state index contributed by atoms with van der Waals surface area (Å²) in [7, 11) is 7.76. The predicted octanol–water partition coefficient (Wildman–Crippen LogP) is 4.42. The van der Waals surface area contributed by atoms with E-state index >= 15 is 0 Å². The second kappa shape index (κ2) is 17.0. The molecule has 2 aliphatic heterocycles. The Morgan fingerprint density at radius 3 is 2.44 bits per heavy atom. The van der Waals surface area contributed by atoms with Gasteiger partial charge in [-0.25, -0.2) is 9.37 Å². The first-order valence-electron chi connectivity index (χ1n) is 17.1. The average molecular weight is 683 g/mol. The number of hydrogen-bond acceptors (Lipinski definition) is 8. The van der Waals surface area contributed by atoms with E-state index in [9.17, 15) is 19.5 Å². The summed E-state index contributed by atoms with van der Waals surface area (Å²) in [5.74, 6) is -1.16. The molecule has 50 heavy (non-hydrogen) atoms. The number of benzene rings is 3. The summed E-state index contributed by atoms with van der Waals surface area (Å²) in [6.45, 7) is 1.72. The molecule has 2 heterocycles. The van der Waals surface area contributed by atoms with E-state index in [1.54, 1.807) is 12.1 Å². The van der Waals surface area contributed by atoms with Gasteiger partial charge in [0.15, 0.2) is 0 Å². The number of unbranched alkanes of at least 4 members (excludes halogenated alkanes) is 2. The standard InChI is InChI=1S/C39H46N4O7/c1-42(2)27-14-17-31-34(23-27)50-35-24-28(43(3)4)15-18-32(35)36(31)30-16-13-26(22-33(30)38(45)46)37(44)40-19-9-7-10-20-41-39(47)49-25-29-12-8-5-6-11-21-48-29/h5-6,13-18,22-24,29H,7-12,19-21,25H2,1-4H3,(H2-,40,41,44,45,46,47)/b6-5+. The van der Waals surface area contributed by atoms with Crippen molar-refractivity contribution in [2.45, 2.75) is 44.6 Å². The Hall–Kier alpha value is -5.16. The minimum atomic E-state index is -1.38. The van der Waals surface area contributed by atoms with Crippen LogP contribution in [0.1, 0.15) is 59.2 Å². The topological polar surface area (TPSA) is 136 Å². The fraction of sp³-hybridized carbons (Fsp3) is 0.385. The summed E-state index contributed by atoms with van der Waals surface area (Å²) >= 11 is 0. The molecule has 1 unspecified atom stereocenters. The number of alkyl carbamates (subject to hydrolysis) is 1. The zero-order chi connectivity index (χ0) is 35.6. The molecule has 0 saturated heterocycles. The third kappa shape index (κ3) is 9.09. The molecule has 1 atom stereocenters. The van der Waals surface area contributed by atoms with Crippen molar-refractivity contribution in [2.75, 3.05) is 59.4 Å². The molecule has 0 aromatic heterocycles. The molecule has 11 nitrogen and oxygen atoms in total. The Kier molecular flexibility index (Phi) is 12.3. The highest BCUT2D eigenvalue weighted by Gasteiger charge is 2.22. The van der Waals surface area contributed by atoms with Gasteiger partial charge in [-0.1, -0.05) is 18.2 Å². The monoisotopic (exact) mass is 682 g/mol. The third-order valence-corrected chi connectivity index (χ3v) is 8.76. The number of anilines is 1. The summed E-state index contributed by atoms with van der Waals surface area (Å²) < 4.78 is 19.4. The van der Waals surface area contributed by atoms with Gasteiger partial charge in [-0.3, -0.25) is 4.79 Å². The summed E-state index contributed by atoms with van der Waals surface area (Å²) in [5, 5.41) is 19.9. The summed E-state index contributed by atoms with van der Waals surface area (Å²) in [6, 6.07) is 16.3. The van der Waals surface area contributed by atoms with E-state index < -0.39 is 12.1 Å². The SMILES string of the molecule is CN(C)c1ccc2c(-c3ccc(C(=O)NCCCCCNC(=O)OCC4CC/C=C/CCO4)cc3C(=O)[O-])c3ccc(=[N+](C)C)cc-3oc2c1. The van der Waals surface area contributed by atoms with Crippen LogP contribution >= 0.6 is 0 Å². The van der Waals surface area contributed by atoms with Crippen molar-refractivity contribution in [3.8, 4) is 22.5 Å². The van der Waals surface area contributed by atoms with E-state index in [1.165, 1.54) is 6.07 Å². The molecule has 5 rings (SSSR count). The number of carboxylic acids is 1. The first-order valence-corrected chi connectivity index (χ1v) is 17.1. The molecule has 2 N–H and O–H groups in total. The van der Waals surface area contributed by atoms with Crippen molar-refractivity contribution in [1.29, 1.82) is 0 Å². The van der Waals surface area contributed by atoms with Crippen LogP contribution in [0.5, 0.6) is 0 Å². The quantitative estimate of drug-likeness (QED) is 0.0971. The molecule has 2 amide bonds. The van der Waals surface area contributed by atoms with Crippen LogP contribution in [0.3, 0.4) is 0 Å². The molecule has 0 fully saturated rings. The Labute approximate surface area is 292 Å². The van der Waals surface area contributed by atoms with Crippen molar-refractivity contribution in [3.63, 3.8) is 0 Å². The van der Waals surface area contributed by atoms with Crippen LogP contribution in [0, 0.1) is 0 Å². The number of fused-ring (bicyclic) bond motifs is 2. The van der Waals surface area contributed by atoms with E-state index in [4.69, 9.17) is 13.9 Å². The molecule has 0 radical (unpaired) electrons. The number of aromatic carboxylic acids is 1. The highest BCUT2D eigenvalue weighted by atomic mass is 16.6. The van der Waals surface area contributed by atoms with Crippen LogP contribution in [-0.4, -0.2) is 78.6 Å². The van der Waals surface area contributed by atoms with Crippen molar-refractivity contribution in [3.05, 3.63) is 83.2 Å². The summed E-state index contributed by atoms with van der Waals surface area (Å²) in [6.07, 6.45) is 8.46. The third-order valence-electron chi connectivity index (χ3n) is 8.76. The summed E-state index contributed by atoms with van der Waals surface area (Å²) in [4.78, 5) is 39.7. The normalized spacial score (nSPS) is 15.2. The van der Waals surface area contributed by atoms with Crippen molar-refractivity contribution < 1.29 is 33.4 Å². The number of ether oxygens (including phenoxy) is 2. The lowest BCUT2D eigenvalue weighted by atomic mass is 9.89. The molecule has 0 saturated carbocycles. The molecule has 2 aromatic rings. The lowest BCUT2D eigenvalue weighted by Gasteiger charge is -2.20. The number of nitrogens with one attached hydrogen (secondary N) is 2. The molecule has 1 aliphatic carbocycles. The second-order valence-corrected chi connectivity index (χ2v) is 12.8. The van der Waals surface area contributed by atoms with Gasteiger partial charge in [-0.2, -0.15) is 0 Å². The second-order valence-electron chi connectivity index (χ2n) is 12.8. The number of carboxylic acid groups (broad SMARTS) is 1. The Morgan fingerprint density at radius 1 is 0.920 bits per heavy atom. The largest absolute Gasteiger partial charge is 0.545 e. The lowest BCUT2D eigenvalue weighted by Crippen LogP contribution is -2.30. The van der Waals surface area contributed by atoms with Gasteiger partial charge in [0.1, 0.15) is 32.0 Å². The number of nitrogens with zero attached hydrogens (tertiary/aromatic N) is 2. The van der Waals surface area contributed by atoms with Crippen LogP contribution in [0.2, 0.25) is 0 Å². The van der Waals surface area contributed by atoms with Gasteiger partial charge in [0.25, 0.3) is 5.91 Å². The number of amides is 2. The van der Waals surface area contributed by atoms with Gasteiger partial charge in [-0.15, -0.1) is 0 Å². The van der Waals surface area contributed by atoms with Gasteiger partial charge in [0, 0.05) is 72.6 Å². The fourth-order valence-electron chi connectivity index (χ4n) is 5.96. The lowest BCUT2D eigenvalue weighted by molar-refractivity contribution is -0.254. The van der Waals surface area contributed by atoms with Crippen LogP contribution in [-0.2, 0) is 9.47 Å². The highest BCUT2D eigenvalue weighted by Crippen LogP contribution is 2.42. The Balaban J connectivity index is 1.22. The zero-order valence-electron chi connectivity index (χ0n) is 29.3. The van der Waals surface area contributed by atoms with Crippen molar-refractivity contribution in [2.24, 2.45) is 0 Å². The Bertz CT molecular complexity index is 1910. The molecule has 11 heteroatoms. The van der Waals surface area contributed by atoms with Crippen LogP contribution < -0.4 is 30.6 Å². The van der Waals surface area contributed by atoms with Gasteiger partial charge >= 0.3 is 6.09 Å². The minimum absolute atomic E-state index is 0.0873. The van der Waals surface area contributed by atoms with E-state index in [-0.39, 0.29) is 29.7 Å². The van der Waals surface area contributed by atoms with Crippen LogP contribution in [0.15, 0.2) is 71.2 Å². The zero-order valence-corrected chi connectivity index (χ0v) is 29.3. The highest BCUT2D eigenvalue weighted by molar-refractivity contribution is 6.09. The molecule has 3 aliphatic rings. The maximum Gasteiger partial charge on any atom is 0.407 e. The van der Waals surface area contributed by atoms with E-state index in [0.29, 0.717) is 48.6 Å². The van der Waals surface area contributed by atoms with Gasteiger partial charge in [-0.05, 0) is 74.4 Å². The first kappa shape index (κ1) is 36.1. The fourth-order valence-corrected chi connectivity index (χ4v) is 5.96. The average Bonchev–Trinajstić information content (AvgIpc) is 3.08. The van der Waals surface area contributed by atoms with Crippen molar-refractivity contribution in [1.82, 2.24) is 15.2 Å².